The molecule has 5 rings (SSSR count). The zero-order chi connectivity index (χ0) is 19.5. The van der Waals surface area contributed by atoms with Crippen LogP contribution in [-0.2, 0) is 6.18 Å². The van der Waals surface area contributed by atoms with Crippen LogP contribution in [0.2, 0.25) is 0 Å². The molecule has 3 aromatic rings. The molecule has 2 fully saturated rings. The highest BCUT2D eigenvalue weighted by Crippen LogP contribution is 2.37. The van der Waals surface area contributed by atoms with Crippen LogP contribution in [0.4, 0.5) is 23.4 Å². The third-order valence-corrected chi connectivity index (χ3v) is 5.81. The maximum atomic E-state index is 14.7. The van der Waals surface area contributed by atoms with Crippen molar-refractivity contribution in [3.8, 4) is 0 Å². The fourth-order valence-electron chi connectivity index (χ4n) is 4.45. The number of nitrogens with zero attached hydrogens (tertiary/aromatic N) is 4. The van der Waals surface area contributed by atoms with E-state index in [9.17, 15) is 17.6 Å². The molecular formula is C20H18F4N4. The summed E-state index contributed by atoms with van der Waals surface area (Å²) in [5, 5.41) is 0.625. The van der Waals surface area contributed by atoms with Gasteiger partial charge in [-0.05, 0) is 37.6 Å². The van der Waals surface area contributed by atoms with E-state index < -0.39 is 17.6 Å². The number of piperazine rings is 1. The van der Waals surface area contributed by atoms with E-state index in [1.807, 2.05) is 0 Å². The van der Waals surface area contributed by atoms with Gasteiger partial charge in [-0.2, -0.15) is 13.2 Å². The molecule has 0 spiro atoms. The first-order valence-corrected chi connectivity index (χ1v) is 9.36. The van der Waals surface area contributed by atoms with Gasteiger partial charge in [-0.25, -0.2) is 9.37 Å². The maximum absolute atomic E-state index is 14.7. The Morgan fingerprint density at radius 3 is 2.71 bits per heavy atom. The normalized spacial score (nSPS) is 20.9. The number of benzene rings is 1. The SMILES string of the molecule is Fc1cc(C(F)(F)F)cc2c1nc(N1CCN3CCCC3C1)c1ncccc12. The number of fused-ring (bicyclic) bond motifs is 4. The van der Waals surface area contributed by atoms with Gasteiger partial charge >= 0.3 is 6.18 Å². The lowest BCUT2D eigenvalue weighted by molar-refractivity contribution is -0.137. The van der Waals surface area contributed by atoms with Crippen molar-refractivity contribution in [2.24, 2.45) is 0 Å². The lowest BCUT2D eigenvalue weighted by Crippen LogP contribution is -2.50. The Morgan fingerprint density at radius 2 is 1.89 bits per heavy atom. The number of aromatic nitrogens is 2. The highest BCUT2D eigenvalue weighted by atomic mass is 19.4. The molecule has 28 heavy (non-hydrogen) atoms. The molecule has 0 amide bonds. The van der Waals surface area contributed by atoms with Crippen LogP contribution in [0.25, 0.3) is 21.8 Å². The lowest BCUT2D eigenvalue weighted by Gasteiger charge is -2.38. The highest BCUT2D eigenvalue weighted by Gasteiger charge is 2.34. The van der Waals surface area contributed by atoms with Crippen LogP contribution in [0.15, 0.2) is 30.5 Å². The minimum atomic E-state index is -4.62. The van der Waals surface area contributed by atoms with Gasteiger partial charge in [0.15, 0.2) is 5.82 Å². The minimum Gasteiger partial charge on any atom is -0.352 e. The molecule has 0 saturated carbocycles. The van der Waals surface area contributed by atoms with Crippen LogP contribution < -0.4 is 4.90 Å². The Bertz CT molecular complexity index is 1070. The van der Waals surface area contributed by atoms with E-state index in [2.05, 4.69) is 19.8 Å². The van der Waals surface area contributed by atoms with Crippen molar-refractivity contribution in [1.29, 1.82) is 0 Å². The first-order valence-electron chi connectivity index (χ1n) is 9.36. The molecule has 8 heteroatoms. The topological polar surface area (TPSA) is 32.3 Å². The van der Waals surface area contributed by atoms with Crippen LogP contribution >= 0.6 is 0 Å². The summed E-state index contributed by atoms with van der Waals surface area (Å²) in [5.41, 5.74) is -0.547. The van der Waals surface area contributed by atoms with Gasteiger partial charge < -0.3 is 4.90 Å². The number of alkyl halides is 3. The average molecular weight is 390 g/mol. The van der Waals surface area contributed by atoms with E-state index in [4.69, 9.17) is 0 Å². The molecule has 2 saturated heterocycles. The van der Waals surface area contributed by atoms with Crippen molar-refractivity contribution in [3.05, 3.63) is 41.8 Å². The molecule has 2 aliphatic heterocycles. The molecule has 4 heterocycles. The van der Waals surface area contributed by atoms with Gasteiger partial charge in [-0.3, -0.25) is 9.88 Å². The van der Waals surface area contributed by atoms with Gasteiger partial charge in [-0.1, -0.05) is 6.07 Å². The van der Waals surface area contributed by atoms with Crippen molar-refractivity contribution in [2.45, 2.75) is 25.1 Å². The first-order chi connectivity index (χ1) is 13.4. The number of anilines is 1. The smallest absolute Gasteiger partial charge is 0.352 e. The number of halogens is 4. The third kappa shape index (κ3) is 2.78. The lowest BCUT2D eigenvalue weighted by atomic mass is 10.0. The average Bonchev–Trinajstić information content (AvgIpc) is 3.14. The van der Waals surface area contributed by atoms with Gasteiger partial charge in [0.25, 0.3) is 0 Å². The highest BCUT2D eigenvalue weighted by molar-refractivity contribution is 6.08. The summed E-state index contributed by atoms with van der Waals surface area (Å²) in [6.07, 6.45) is -0.758. The molecule has 1 aromatic carbocycles. The van der Waals surface area contributed by atoms with E-state index in [1.165, 1.54) is 0 Å². The van der Waals surface area contributed by atoms with Gasteiger partial charge in [-0.15, -0.1) is 0 Å². The molecule has 1 atom stereocenters. The van der Waals surface area contributed by atoms with E-state index >= 15 is 0 Å². The summed E-state index contributed by atoms with van der Waals surface area (Å²) in [6, 6.07) is 5.26. The number of hydrogen-bond acceptors (Lipinski definition) is 4. The summed E-state index contributed by atoms with van der Waals surface area (Å²) >= 11 is 0. The number of pyridine rings is 2. The van der Waals surface area contributed by atoms with Crippen LogP contribution in [-0.4, -0.2) is 47.1 Å². The minimum absolute atomic E-state index is 0.0441. The molecule has 146 valence electrons. The van der Waals surface area contributed by atoms with E-state index in [0.29, 0.717) is 28.8 Å². The van der Waals surface area contributed by atoms with Crippen LogP contribution in [0, 0.1) is 5.82 Å². The second-order valence-electron chi connectivity index (χ2n) is 7.47. The Hall–Kier alpha value is -2.48. The second kappa shape index (κ2) is 6.27. The van der Waals surface area contributed by atoms with Gasteiger partial charge in [0, 0.05) is 42.6 Å². The number of hydrogen-bond donors (Lipinski definition) is 0. The summed E-state index contributed by atoms with van der Waals surface area (Å²) in [7, 11) is 0. The summed E-state index contributed by atoms with van der Waals surface area (Å²) in [5.74, 6) is -0.412. The summed E-state index contributed by atoms with van der Waals surface area (Å²) in [6.45, 7) is 3.50. The Labute approximate surface area is 158 Å². The molecule has 4 nitrogen and oxygen atoms in total. The predicted octanol–water partition coefficient (Wildman–Crippen LogP) is 4.23. The molecule has 2 aromatic heterocycles. The Morgan fingerprint density at radius 1 is 1.04 bits per heavy atom. The van der Waals surface area contributed by atoms with Gasteiger partial charge in [0.1, 0.15) is 16.9 Å². The van der Waals surface area contributed by atoms with E-state index in [1.54, 1.807) is 18.3 Å². The second-order valence-corrected chi connectivity index (χ2v) is 7.47. The fraction of sp³-hybridized carbons (Fsp3) is 0.400. The van der Waals surface area contributed by atoms with Crippen molar-refractivity contribution >= 4 is 27.6 Å². The van der Waals surface area contributed by atoms with E-state index in [0.717, 1.165) is 45.1 Å². The Kier molecular flexibility index (Phi) is 3.94. The monoisotopic (exact) mass is 390 g/mol. The largest absolute Gasteiger partial charge is 0.416 e. The van der Waals surface area contributed by atoms with Crippen LogP contribution in [0.3, 0.4) is 0 Å². The predicted molar refractivity (Wildman–Crippen MR) is 98.8 cm³/mol. The quantitative estimate of drug-likeness (QED) is 0.460. The van der Waals surface area contributed by atoms with Crippen LogP contribution in [0.5, 0.6) is 0 Å². The summed E-state index contributed by atoms with van der Waals surface area (Å²) < 4.78 is 54.2. The molecule has 0 bridgehead atoms. The zero-order valence-corrected chi connectivity index (χ0v) is 15.0. The molecule has 0 aliphatic carbocycles. The molecule has 0 N–H and O–H groups in total. The van der Waals surface area contributed by atoms with Gasteiger partial charge in [0.2, 0.25) is 0 Å². The third-order valence-electron chi connectivity index (χ3n) is 5.81. The first kappa shape index (κ1) is 17.6. The van der Waals surface area contributed by atoms with Gasteiger partial charge in [0.05, 0.1) is 5.56 Å². The molecule has 1 unspecified atom stereocenters. The van der Waals surface area contributed by atoms with Crippen molar-refractivity contribution in [2.75, 3.05) is 31.1 Å². The maximum Gasteiger partial charge on any atom is 0.416 e. The standard InChI is InChI=1S/C20H18F4N4/c21-16-10-12(20(22,23)24)9-15-14-4-1-5-25-18(14)19(26-17(15)16)28-8-7-27-6-2-3-13(27)11-28/h1,4-5,9-10,13H,2-3,6-8,11H2. The van der Waals surface area contributed by atoms with Crippen molar-refractivity contribution in [3.63, 3.8) is 0 Å². The Balaban J connectivity index is 1.71. The van der Waals surface area contributed by atoms with Crippen LogP contribution in [0.1, 0.15) is 18.4 Å². The van der Waals surface area contributed by atoms with E-state index in [-0.39, 0.29) is 10.9 Å². The number of rotatable bonds is 1. The van der Waals surface area contributed by atoms with Crippen molar-refractivity contribution in [1.82, 2.24) is 14.9 Å². The zero-order valence-electron chi connectivity index (χ0n) is 15.0. The summed E-state index contributed by atoms with van der Waals surface area (Å²) in [4.78, 5) is 13.4. The molecular weight excluding hydrogens is 372 g/mol. The fourth-order valence-corrected chi connectivity index (χ4v) is 4.45. The molecule has 0 radical (unpaired) electrons. The molecule has 2 aliphatic rings. The van der Waals surface area contributed by atoms with Crippen molar-refractivity contribution < 1.29 is 17.6 Å².